The lowest BCUT2D eigenvalue weighted by Crippen LogP contribution is -2.56. The van der Waals surface area contributed by atoms with Gasteiger partial charge in [0.15, 0.2) is 0 Å². The predicted molar refractivity (Wildman–Crippen MR) is 127 cm³/mol. The lowest BCUT2D eigenvalue weighted by Gasteiger charge is -2.38. The summed E-state index contributed by atoms with van der Waals surface area (Å²) in [6.07, 6.45) is -4.92. The SMILES string of the molecule is COc1ccc(CN(C(=O)C(F)(F)F)[C@H]2C[C@@H](C)N(C(O)OC(C)C)[C@H]2COC2CCNCC2)cc1. The van der Waals surface area contributed by atoms with Crippen molar-refractivity contribution in [1.29, 1.82) is 0 Å². The van der Waals surface area contributed by atoms with Crippen LogP contribution in [-0.4, -0.2) is 90.5 Å². The van der Waals surface area contributed by atoms with E-state index in [1.807, 2.05) is 6.92 Å². The number of piperidine rings is 1. The molecule has 11 heteroatoms. The molecular weight excluding hydrogens is 479 g/mol. The Kier molecular flexibility index (Phi) is 9.99. The van der Waals surface area contributed by atoms with Gasteiger partial charge in [-0.1, -0.05) is 12.1 Å². The molecule has 0 bridgehead atoms. The Labute approximate surface area is 210 Å². The van der Waals surface area contributed by atoms with E-state index in [-0.39, 0.29) is 37.8 Å². The number of carbonyl (C=O) groups excluding carboxylic acids is 1. The summed E-state index contributed by atoms with van der Waals surface area (Å²) < 4.78 is 58.2. The average Bonchev–Trinajstić information content (AvgIpc) is 3.16. The molecule has 8 nitrogen and oxygen atoms in total. The minimum absolute atomic E-state index is 0.0406. The number of benzene rings is 1. The van der Waals surface area contributed by atoms with Crippen LogP contribution in [-0.2, 0) is 20.8 Å². The van der Waals surface area contributed by atoms with E-state index in [1.165, 1.54) is 7.11 Å². The molecule has 0 radical (unpaired) electrons. The highest BCUT2D eigenvalue weighted by atomic mass is 19.4. The molecule has 0 aliphatic carbocycles. The molecule has 1 aromatic rings. The summed E-state index contributed by atoms with van der Waals surface area (Å²) in [5.41, 5.74) is 0.538. The van der Waals surface area contributed by atoms with Crippen LogP contribution in [0.2, 0.25) is 0 Å². The summed E-state index contributed by atoms with van der Waals surface area (Å²) in [6.45, 7) is 6.79. The van der Waals surface area contributed by atoms with Gasteiger partial charge in [-0.05, 0) is 70.8 Å². The van der Waals surface area contributed by atoms with Crippen molar-refractivity contribution in [2.75, 3.05) is 26.8 Å². The van der Waals surface area contributed by atoms with Gasteiger partial charge in [0.2, 0.25) is 6.41 Å². The van der Waals surface area contributed by atoms with E-state index >= 15 is 0 Å². The van der Waals surface area contributed by atoms with Gasteiger partial charge in [-0.25, -0.2) is 4.90 Å². The summed E-state index contributed by atoms with van der Waals surface area (Å²) in [7, 11) is 1.50. The number of ether oxygens (including phenoxy) is 3. The van der Waals surface area contributed by atoms with Crippen LogP contribution >= 0.6 is 0 Å². The molecule has 0 saturated carbocycles. The Morgan fingerprint density at radius 1 is 1.22 bits per heavy atom. The summed E-state index contributed by atoms with van der Waals surface area (Å²) >= 11 is 0. The molecule has 2 aliphatic heterocycles. The molecule has 4 atom stereocenters. The number of aliphatic hydroxyl groups excluding tert-OH is 1. The number of methoxy groups -OCH3 is 1. The minimum Gasteiger partial charge on any atom is -0.497 e. The lowest BCUT2D eigenvalue weighted by atomic mass is 10.0. The fraction of sp³-hybridized carbons (Fsp3) is 0.720. The highest BCUT2D eigenvalue weighted by Crippen LogP contribution is 2.35. The fourth-order valence-electron chi connectivity index (χ4n) is 5.01. The molecule has 3 rings (SSSR count). The van der Waals surface area contributed by atoms with Crippen molar-refractivity contribution >= 4 is 5.91 Å². The molecule has 2 heterocycles. The van der Waals surface area contributed by atoms with E-state index in [0.717, 1.165) is 30.8 Å². The van der Waals surface area contributed by atoms with Gasteiger partial charge in [0, 0.05) is 12.6 Å². The molecule has 0 aromatic heterocycles. The van der Waals surface area contributed by atoms with E-state index in [4.69, 9.17) is 14.2 Å². The van der Waals surface area contributed by atoms with Gasteiger partial charge in [-0.2, -0.15) is 13.2 Å². The molecule has 2 aliphatic rings. The van der Waals surface area contributed by atoms with Crippen molar-refractivity contribution in [3.8, 4) is 5.75 Å². The van der Waals surface area contributed by atoms with Gasteiger partial charge in [0.05, 0.1) is 38.0 Å². The zero-order valence-corrected chi connectivity index (χ0v) is 21.3. The fourth-order valence-corrected chi connectivity index (χ4v) is 5.01. The number of amides is 1. The standard InChI is InChI=1S/C25H38F3N3O5/c1-16(2)36-24(33)31-17(3)13-21(22(31)15-35-20-9-11-29-12-10-20)30(23(32)25(26,27)28)14-18-5-7-19(34-4)8-6-18/h5-8,16-17,20-22,24,29,33H,9-15H2,1-4H3/t17-,21+,22+,24?/m1/s1. The van der Waals surface area contributed by atoms with Gasteiger partial charge in [0.1, 0.15) is 5.75 Å². The second kappa shape index (κ2) is 12.6. The largest absolute Gasteiger partial charge is 0.497 e. The Balaban J connectivity index is 1.91. The maximum atomic E-state index is 13.8. The van der Waals surface area contributed by atoms with Crippen molar-refractivity contribution in [2.24, 2.45) is 0 Å². The normalized spacial score (nSPS) is 24.8. The third kappa shape index (κ3) is 7.32. The van der Waals surface area contributed by atoms with Gasteiger partial charge < -0.3 is 29.5 Å². The van der Waals surface area contributed by atoms with Crippen LogP contribution in [0.1, 0.15) is 45.6 Å². The average molecular weight is 518 g/mol. The molecule has 204 valence electrons. The molecule has 2 saturated heterocycles. The molecular formula is C25H38F3N3O5. The number of hydrogen-bond donors (Lipinski definition) is 2. The van der Waals surface area contributed by atoms with Crippen molar-refractivity contribution in [3.63, 3.8) is 0 Å². The second-order valence-corrected chi connectivity index (χ2v) is 9.74. The van der Waals surface area contributed by atoms with Gasteiger partial charge in [0.25, 0.3) is 0 Å². The van der Waals surface area contributed by atoms with Gasteiger partial charge in [-0.3, -0.25) is 4.79 Å². The zero-order chi connectivity index (χ0) is 26.5. The van der Waals surface area contributed by atoms with Crippen LogP contribution in [0.5, 0.6) is 5.75 Å². The van der Waals surface area contributed by atoms with Crippen molar-refractivity contribution in [3.05, 3.63) is 29.8 Å². The maximum Gasteiger partial charge on any atom is 0.471 e. The number of nitrogens with one attached hydrogen (secondary N) is 1. The van der Waals surface area contributed by atoms with E-state index in [0.29, 0.717) is 11.3 Å². The molecule has 2 fully saturated rings. The number of likely N-dealkylation sites (tertiary alicyclic amines) is 1. The number of rotatable bonds is 10. The second-order valence-electron chi connectivity index (χ2n) is 9.74. The van der Waals surface area contributed by atoms with Gasteiger partial charge >= 0.3 is 12.1 Å². The Hall–Kier alpha value is -1.92. The van der Waals surface area contributed by atoms with Crippen LogP contribution in [0.4, 0.5) is 13.2 Å². The van der Waals surface area contributed by atoms with Crippen molar-refractivity contribution < 1.29 is 37.3 Å². The first-order chi connectivity index (χ1) is 17.0. The van der Waals surface area contributed by atoms with Crippen LogP contribution in [0.25, 0.3) is 0 Å². The quantitative estimate of drug-likeness (QED) is 0.462. The topological polar surface area (TPSA) is 83.5 Å². The lowest BCUT2D eigenvalue weighted by molar-refractivity contribution is -0.231. The van der Waals surface area contributed by atoms with Crippen LogP contribution in [0.15, 0.2) is 24.3 Å². The molecule has 1 amide bonds. The number of hydrogen-bond acceptors (Lipinski definition) is 7. The van der Waals surface area contributed by atoms with Gasteiger partial charge in [-0.15, -0.1) is 0 Å². The molecule has 1 unspecified atom stereocenters. The minimum atomic E-state index is -5.05. The molecule has 2 N–H and O–H groups in total. The first-order valence-corrected chi connectivity index (χ1v) is 12.4. The van der Waals surface area contributed by atoms with E-state index < -0.39 is 30.6 Å². The third-order valence-electron chi connectivity index (χ3n) is 6.77. The monoisotopic (exact) mass is 517 g/mol. The maximum absolute atomic E-state index is 13.8. The van der Waals surface area contributed by atoms with E-state index in [9.17, 15) is 23.1 Å². The van der Waals surface area contributed by atoms with E-state index in [2.05, 4.69) is 5.32 Å². The molecule has 0 spiro atoms. The number of alkyl halides is 3. The number of aliphatic hydroxyl groups is 1. The smallest absolute Gasteiger partial charge is 0.471 e. The number of carbonyl (C=O) groups is 1. The Morgan fingerprint density at radius 2 is 1.86 bits per heavy atom. The van der Waals surface area contributed by atoms with Crippen molar-refractivity contribution in [2.45, 2.75) is 89.5 Å². The Morgan fingerprint density at radius 3 is 2.42 bits per heavy atom. The summed E-state index contributed by atoms with van der Waals surface area (Å²) in [5, 5.41) is 14.1. The zero-order valence-electron chi connectivity index (χ0n) is 21.3. The summed E-state index contributed by atoms with van der Waals surface area (Å²) in [4.78, 5) is 15.2. The highest BCUT2D eigenvalue weighted by Gasteiger charge is 2.51. The number of halogens is 3. The Bertz CT molecular complexity index is 833. The summed E-state index contributed by atoms with van der Waals surface area (Å²) in [6, 6.07) is 4.70. The first kappa shape index (κ1) is 28.6. The third-order valence-corrected chi connectivity index (χ3v) is 6.77. The van der Waals surface area contributed by atoms with E-state index in [1.54, 1.807) is 43.0 Å². The molecule has 1 aromatic carbocycles. The van der Waals surface area contributed by atoms with Crippen LogP contribution in [0.3, 0.4) is 0 Å². The highest BCUT2D eigenvalue weighted by molar-refractivity contribution is 5.82. The van der Waals surface area contributed by atoms with Crippen LogP contribution in [0, 0.1) is 0 Å². The predicted octanol–water partition coefficient (Wildman–Crippen LogP) is 2.89. The molecule has 36 heavy (non-hydrogen) atoms. The van der Waals surface area contributed by atoms with Crippen molar-refractivity contribution in [1.82, 2.24) is 15.1 Å². The first-order valence-electron chi connectivity index (χ1n) is 12.4. The number of nitrogens with zero attached hydrogens (tertiary/aromatic N) is 2. The van der Waals surface area contributed by atoms with Crippen LogP contribution < -0.4 is 10.1 Å². The summed E-state index contributed by atoms with van der Waals surface area (Å²) in [5.74, 6) is -1.35.